The number of rotatable bonds is 8. The van der Waals surface area contributed by atoms with Gasteiger partial charge in [0.15, 0.2) is 0 Å². The quantitative estimate of drug-likeness (QED) is 0.471. The van der Waals surface area contributed by atoms with Crippen LogP contribution in [-0.2, 0) is 19.7 Å². The molecular weight excluding hydrogens is 420 g/mol. The lowest BCUT2D eigenvalue weighted by molar-refractivity contribution is 0.0950. The van der Waals surface area contributed by atoms with Crippen LogP contribution in [0.3, 0.4) is 0 Å². The van der Waals surface area contributed by atoms with E-state index in [9.17, 15) is 4.79 Å². The number of amides is 1. The molecule has 1 aliphatic rings. The maximum Gasteiger partial charge on any atom is 0.251 e. The van der Waals surface area contributed by atoms with Crippen LogP contribution in [0.25, 0.3) is 0 Å². The molecule has 0 aliphatic carbocycles. The van der Waals surface area contributed by atoms with Gasteiger partial charge in [-0.25, -0.2) is 0 Å². The summed E-state index contributed by atoms with van der Waals surface area (Å²) in [4.78, 5) is 15.2. The summed E-state index contributed by atoms with van der Waals surface area (Å²) in [6, 6.07) is 23.3. The van der Waals surface area contributed by atoms with Crippen LogP contribution in [0.4, 0.5) is 0 Å². The van der Waals surface area contributed by atoms with Gasteiger partial charge in [0.05, 0.1) is 0 Å². The minimum absolute atomic E-state index is 0.116. The first kappa shape index (κ1) is 22.4. The highest BCUT2D eigenvalue weighted by molar-refractivity contribution is 6.31. The number of ether oxygens (including phenoxy) is 1. The topological polar surface area (TPSA) is 41.6 Å². The third-order valence-corrected chi connectivity index (χ3v) is 6.12. The average molecular weight is 449 g/mol. The molecule has 0 unspecified atom stereocenters. The number of hydrogen-bond acceptors (Lipinski definition) is 3. The number of hydrogen-bond donors (Lipinski definition) is 1. The first-order valence-electron chi connectivity index (χ1n) is 11.2. The number of halogens is 1. The van der Waals surface area contributed by atoms with E-state index in [0.717, 1.165) is 17.7 Å². The summed E-state index contributed by atoms with van der Waals surface area (Å²) >= 11 is 6.19. The van der Waals surface area contributed by atoms with Crippen molar-refractivity contribution < 1.29 is 9.53 Å². The number of likely N-dealkylation sites (tertiary alicyclic amines) is 1. The lowest BCUT2D eigenvalue weighted by atomic mass is 10.1. The lowest BCUT2D eigenvalue weighted by Crippen LogP contribution is -2.29. The standard InChI is InChI=1S/C27H29ClN2O2/c28-26-13-3-2-10-24(26)20-32-25-12-7-11-23(17-25)27(31)29-18-21-8-6-9-22(16-21)19-30-14-4-1-5-15-30/h2-3,6-13,16-17H,1,4-5,14-15,18-20H2,(H,29,31). The van der Waals surface area contributed by atoms with Crippen molar-refractivity contribution in [2.24, 2.45) is 0 Å². The number of carbonyl (C=O) groups is 1. The Morgan fingerprint density at radius 3 is 2.53 bits per heavy atom. The molecule has 1 heterocycles. The number of nitrogens with one attached hydrogen (secondary N) is 1. The van der Waals surface area contributed by atoms with Crippen molar-refractivity contribution in [1.29, 1.82) is 0 Å². The second kappa shape index (κ2) is 11.2. The smallest absolute Gasteiger partial charge is 0.251 e. The van der Waals surface area contributed by atoms with Crippen molar-refractivity contribution in [1.82, 2.24) is 10.2 Å². The summed E-state index contributed by atoms with van der Waals surface area (Å²) < 4.78 is 5.85. The van der Waals surface area contributed by atoms with Crippen molar-refractivity contribution in [2.45, 2.75) is 39.0 Å². The molecule has 166 valence electrons. The van der Waals surface area contributed by atoms with E-state index in [2.05, 4.69) is 34.5 Å². The largest absolute Gasteiger partial charge is 0.489 e. The van der Waals surface area contributed by atoms with E-state index >= 15 is 0 Å². The fourth-order valence-electron chi connectivity index (χ4n) is 4.00. The summed E-state index contributed by atoms with van der Waals surface area (Å²) in [5, 5.41) is 3.70. The number of piperidine rings is 1. The van der Waals surface area contributed by atoms with Crippen molar-refractivity contribution >= 4 is 17.5 Å². The van der Waals surface area contributed by atoms with E-state index in [1.807, 2.05) is 36.4 Å². The van der Waals surface area contributed by atoms with Crippen molar-refractivity contribution in [3.63, 3.8) is 0 Å². The fourth-order valence-corrected chi connectivity index (χ4v) is 4.19. The maximum atomic E-state index is 12.7. The zero-order valence-electron chi connectivity index (χ0n) is 18.2. The Kier molecular flexibility index (Phi) is 7.81. The van der Waals surface area contributed by atoms with E-state index in [1.165, 1.54) is 37.9 Å². The van der Waals surface area contributed by atoms with Crippen LogP contribution in [0.5, 0.6) is 5.75 Å². The predicted molar refractivity (Wildman–Crippen MR) is 129 cm³/mol. The molecule has 0 bridgehead atoms. The van der Waals surface area contributed by atoms with Crippen LogP contribution in [0.15, 0.2) is 72.8 Å². The molecule has 1 fully saturated rings. The molecule has 3 aromatic rings. The minimum atomic E-state index is -0.116. The zero-order chi connectivity index (χ0) is 22.2. The Labute approximate surface area is 195 Å². The molecule has 32 heavy (non-hydrogen) atoms. The van der Waals surface area contributed by atoms with Gasteiger partial charge >= 0.3 is 0 Å². The highest BCUT2D eigenvalue weighted by Crippen LogP contribution is 2.20. The maximum absolute atomic E-state index is 12.7. The van der Waals surface area contributed by atoms with Gasteiger partial charge in [0.2, 0.25) is 0 Å². The molecule has 4 rings (SSSR count). The van der Waals surface area contributed by atoms with E-state index in [1.54, 1.807) is 12.1 Å². The Morgan fingerprint density at radius 2 is 1.69 bits per heavy atom. The van der Waals surface area contributed by atoms with Gasteiger partial charge in [-0.3, -0.25) is 9.69 Å². The highest BCUT2D eigenvalue weighted by Gasteiger charge is 2.11. The number of benzene rings is 3. The lowest BCUT2D eigenvalue weighted by Gasteiger charge is -2.26. The highest BCUT2D eigenvalue weighted by atomic mass is 35.5. The Balaban J connectivity index is 1.31. The third kappa shape index (κ3) is 6.35. The van der Waals surface area contributed by atoms with Gasteiger partial charge in [-0.2, -0.15) is 0 Å². The van der Waals surface area contributed by atoms with Crippen molar-refractivity contribution in [3.8, 4) is 5.75 Å². The van der Waals surface area contributed by atoms with Gasteiger partial charge < -0.3 is 10.1 Å². The van der Waals surface area contributed by atoms with Gasteiger partial charge in [-0.05, 0) is 61.3 Å². The summed E-state index contributed by atoms with van der Waals surface area (Å²) in [6.07, 6.45) is 3.92. The average Bonchev–Trinajstić information content (AvgIpc) is 2.83. The van der Waals surface area contributed by atoms with E-state index in [4.69, 9.17) is 16.3 Å². The monoisotopic (exact) mass is 448 g/mol. The molecule has 1 aliphatic heterocycles. The zero-order valence-corrected chi connectivity index (χ0v) is 19.0. The molecule has 5 heteroatoms. The second-order valence-electron chi connectivity index (χ2n) is 8.25. The van der Waals surface area contributed by atoms with Crippen molar-refractivity contribution in [3.05, 3.63) is 100 Å². The molecule has 3 aromatic carbocycles. The van der Waals surface area contributed by atoms with Crippen LogP contribution in [0.1, 0.15) is 46.3 Å². The van der Waals surface area contributed by atoms with Gasteiger partial charge in [0, 0.05) is 29.2 Å². The molecule has 0 spiro atoms. The molecular formula is C27H29ClN2O2. The predicted octanol–water partition coefficient (Wildman–Crippen LogP) is 5.83. The molecule has 1 saturated heterocycles. The minimum Gasteiger partial charge on any atom is -0.489 e. The van der Waals surface area contributed by atoms with Gasteiger partial charge in [-0.1, -0.05) is 66.6 Å². The summed E-state index contributed by atoms with van der Waals surface area (Å²) in [5.41, 5.74) is 3.90. The van der Waals surface area contributed by atoms with Crippen LogP contribution < -0.4 is 10.1 Å². The molecule has 0 saturated carbocycles. The molecule has 1 N–H and O–H groups in total. The Bertz CT molecular complexity index is 1050. The molecule has 0 radical (unpaired) electrons. The van der Waals surface area contributed by atoms with Gasteiger partial charge in [0.25, 0.3) is 5.91 Å². The fraction of sp³-hybridized carbons (Fsp3) is 0.296. The third-order valence-electron chi connectivity index (χ3n) is 5.75. The van der Waals surface area contributed by atoms with Crippen LogP contribution in [-0.4, -0.2) is 23.9 Å². The number of carbonyl (C=O) groups excluding carboxylic acids is 1. The molecule has 0 aromatic heterocycles. The molecule has 1 amide bonds. The van der Waals surface area contributed by atoms with E-state index in [0.29, 0.717) is 29.5 Å². The van der Waals surface area contributed by atoms with Crippen LogP contribution in [0, 0.1) is 0 Å². The Morgan fingerprint density at radius 1 is 0.906 bits per heavy atom. The second-order valence-corrected chi connectivity index (χ2v) is 8.65. The number of nitrogens with zero attached hydrogens (tertiary/aromatic N) is 1. The van der Waals surface area contributed by atoms with Gasteiger partial charge in [-0.15, -0.1) is 0 Å². The van der Waals surface area contributed by atoms with Crippen molar-refractivity contribution in [2.75, 3.05) is 13.1 Å². The Hall–Kier alpha value is -2.82. The van der Waals surface area contributed by atoms with E-state index < -0.39 is 0 Å². The first-order chi connectivity index (χ1) is 15.7. The van der Waals surface area contributed by atoms with Gasteiger partial charge in [0.1, 0.15) is 12.4 Å². The summed E-state index contributed by atoms with van der Waals surface area (Å²) in [7, 11) is 0. The van der Waals surface area contributed by atoms with E-state index in [-0.39, 0.29) is 5.91 Å². The molecule has 4 nitrogen and oxygen atoms in total. The summed E-state index contributed by atoms with van der Waals surface area (Å²) in [6.45, 7) is 4.18. The first-order valence-corrected chi connectivity index (χ1v) is 11.6. The van der Waals surface area contributed by atoms with Crippen LogP contribution in [0.2, 0.25) is 5.02 Å². The molecule has 0 atom stereocenters. The summed E-state index contributed by atoms with van der Waals surface area (Å²) in [5.74, 6) is 0.524. The SMILES string of the molecule is O=C(NCc1cccc(CN2CCCCC2)c1)c1cccc(OCc2ccccc2Cl)c1. The van der Waals surface area contributed by atoms with Crippen LogP contribution >= 0.6 is 11.6 Å². The normalized spacial score (nSPS) is 14.2.